The number of nitrogens with zero attached hydrogens (tertiary/aromatic N) is 4. The van der Waals surface area contributed by atoms with Crippen LogP contribution in [-0.2, 0) is 7.05 Å². The molecule has 114 valence electrons. The summed E-state index contributed by atoms with van der Waals surface area (Å²) in [6.45, 7) is 0. The van der Waals surface area contributed by atoms with Crippen molar-refractivity contribution in [3.8, 4) is 11.8 Å². The maximum atomic E-state index is 5.93. The summed E-state index contributed by atoms with van der Waals surface area (Å²) in [6.07, 6.45) is 11.4. The summed E-state index contributed by atoms with van der Waals surface area (Å²) in [4.78, 5) is 8.35. The number of hydrogen-bond donors (Lipinski definition) is 1. The van der Waals surface area contributed by atoms with Gasteiger partial charge in [0.25, 0.3) is 0 Å². The highest BCUT2D eigenvalue weighted by atomic mass is 35.5. The van der Waals surface area contributed by atoms with Crippen LogP contribution in [0, 0.1) is 11.8 Å². The van der Waals surface area contributed by atoms with Crippen LogP contribution in [-0.4, -0.2) is 25.8 Å². The third kappa shape index (κ3) is 3.77. The lowest BCUT2D eigenvalue weighted by atomic mass is 9.95. The fraction of sp³-hybridized carbons (Fsp3) is 0.438. The molecule has 0 bridgehead atoms. The normalized spacial score (nSPS) is 15.2. The minimum absolute atomic E-state index is 0.241. The van der Waals surface area contributed by atoms with Gasteiger partial charge in [0.1, 0.15) is 5.82 Å². The van der Waals surface area contributed by atoms with Crippen LogP contribution >= 0.6 is 11.6 Å². The van der Waals surface area contributed by atoms with Crippen molar-refractivity contribution >= 4 is 17.4 Å². The first-order valence-electron chi connectivity index (χ1n) is 7.50. The Bertz CT molecular complexity index is 707. The molecule has 1 saturated carbocycles. The number of rotatable bonds is 2. The minimum atomic E-state index is 0.241. The van der Waals surface area contributed by atoms with E-state index < -0.39 is 0 Å². The summed E-state index contributed by atoms with van der Waals surface area (Å²) in [5, 5.41) is 7.82. The second kappa shape index (κ2) is 6.80. The van der Waals surface area contributed by atoms with Crippen molar-refractivity contribution in [1.29, 1.82) is 0 Å². The van der Waals surface area contributed by atoms with E-state index in [1.165, 1.54) is 19.3 Å². The van der Waals surface area contributed by atoms with Crippen molar-refractivity contribution in [2.45, 2.75) is 38.1 Å². The smallest absolute Gasteiger partial charge is 0.224 e. The summed E-state index contributed by atoms with van der Waals surface area (Å²) in [7, 11) is 1.87. The van der Waals surface area contributed by atoms with Crippen molar-refractivity contribution in [3.63, 3.8) is 0 Å². The molecule has 0 aliphatic heterocycles. The van der Waals surface area contributed by atoms with Gasteiger partial charge in [-0.05, 0) is 24.4 Å². The van der Waals surface area contributed by atoms with E-state index in [2.05, 4.69) is 32.2 Å². The quantitative estimate of drug-likeness (QED) is 0.683. The van der Waals surface area contributed by atoms with Crippen LogP contribution in [0.3, 0.4) is 0 Å². The Morgan fingerprint density at radius 2 is 2.05 bits per heavy atom. The van der Waals surface area contributed by atoms with Crippen LogP contribution in [0.15, 0.2) is 18.6 Å². The SMILES string of the molecule is Cn1cc(C#Cc2cnc(Cl)nc2NC2CCCCC2)cn1. The van der Waals surface area contributed by atoms with Gasteiger partial charge in [-0.25, -0.2) is 4.98 Å². The molecular formula is C16H18ClN5. The first-order chi connectivity index (χ1) is 10.7. The number of halogens is 1. The zero-order chi connectivity index (χ0) is 15.4. The molecule has 0 radical (unpaired) electrons. The van der Waals surface area contributed by atoms with Crippen molar-refractivity contribution in [2.24, 2.45) is 7.05 Å². The van der Waals surface area contributed by atoms with Crippen LogP contribution in [0.1, 0.15) is 43.2 Å². The predicted octanol–water partition coefficient (Wildman–Crippen LogP) is 3.01. The van der Waals surface area contributed by atoms with Gasteiger partial charge in [0, 0.05) is 25.5 Å². The third-order valence-corrected chi connectivity index (χ3v) is 3.93. The maximum Gasteiger partial charge on any atom is 0.224 e. The summed E-state index contributed by atoms with van der Waals surface area (Å²) in [5.74, 6) is 6.92. The molecule has 0 unspecified atom stereocenters. The van der Waals surface area contributed by atoms with Crippen LogP contribution in [0.4, 0.5) is 5.82 Å². The standard InChI is InChI=1S/C16H18ClN5/c1-22-11-12(9-19-22)7-8-13-10-18-16(17)21-15(13)20-14-5-3-2-4-6-14/h9-11,14H,2-6H2,1H3,(H,18,20,21). The highest BCUT2D eigenvalue weighted by Crippen LogP contribution is 2.22. The molecule has 0 saturated heterocycles. The highest BCUT2D eigenvalue weighted by molar-refractivity contribution is 6.28. The Labute approximate surface area is 135 Å². The molecule has 22 heavy (non-hydrogen) atoms. The van der Waals surface area contributed by atoms with E-state index in [9.17, 15) is 0 Å². The molecule has 1 aliphatic rings. The average molecular weight is 316 g/mol. The van der Waals surface area contributed by atoms with E-state index in [-0.39, 0.29) is 5.28 Å². The summed E-state index contributed by atoms with van der Waals surface area (Å²) in [6, 6.07) is 0.443. The lowest BCUT2D eigenvalue weighted by Gasteiger charge is -2.23. The van der Waals surface area contributed by atoms with Crippen LogP contribution in [0.2, 0.25) is 5.28 Å². The summed E-state index contributed by atoms with van der Waals surface area (Å²) < 4.78 is 1.73. The number of aromatic nitrogens is 4. The Hall–Kier alpha value is -2.06. The Morgan fingerprint density at radius 3 is 2.77 bits per heavy atom. The van der Waals surface area contributed by atoms with E-state index in [1.807, 2.05) is 13.2 Å². The zero-order valence-electron chi connectivity index (χ0n) is 12.5. The molecular weight excluding hydrogens is 298 g/mol. The Morgan fingerprint density at radius 1 is 1.23 bits per heavy atom. The maximum absolute atomic E-state index is 5.93. The molecule has 1 fully saturated rings. The van der Waals surface area contributed by atoms with Crippen molar-refractivity contribution in [1.82, 2.24) is 19.7 Å². The van der Waals surface area contributed by atoms with Gasteiger partial charge in [0.05, 0.1) is 17.3 Å². The van der Waals surface area contributed by atoms with E-state index >= 15 is 0 Å². The fourth-order valence-electron chi connectivity index (χ4n) is 2.63. The highest BCUT2D eigenvalue weighted by Gasteiger charge is 2.15. The molecule has 0 aromatic carbocycles. The van der Waals surface area contributed by atoms with Gasteiger partial charge in [-0.3, -0.25) is 4.68 Å². The lowest BCUT2D eigenvalue weighted by Crippen LogP contribution is -2.23. The van der Waals surface area contributed by atoms with Crippen LogP contribution < -0.4 is 5.32 Å². The van der Waals surface area contributed by atoms with E-state index in [0.29, 0.717) is 6.04 Å². The molecule has 2 aromatic heterocycles. The lowest BCUT2D eigenvalue weighted by molar-refractivity contribution is 0.461. The first kappa shape index (κ1) is 14.9. The predicted molar refractivity (Wildman–Crippen MR) is 86.7 cm³/mol. The topological polar surface area (TPSA) is 55.6 Å². The van der Waals surface area contributed by atoms with Gasteiger partial charge >= 0.3 is 0 Å². The molecule has 0 atom stereocenters. The fourth-order valence-corrected chi connectivity index (χ4v) is 2.76. The number of anilines is 1. The van der Waals surface area contributed by atoms with Crippen molar-refractivity contribution in [3.05, 3.63) is 35.0 Å². The second-order valence-corrected chi connectivity index (χ2v) is 5.87. The largest absolute Gasteiger partial charge is 0.366 e. The minimum Gasteiger partial charge on any atom is -0.366 e. The Balaban J connectivity index is 1.82. The molecule has 5 nitrogen and oxygen atoms in total. The number of hydrogen-bond acceptors (Lipinski definition) is 4. The van der Waals surface area contributed by atoms with Gasteiger partial charge in [-0.1, -0.05) is 31.1 Å². The van der Waals surface area contributed by atoms with E-state index in [4.69, 9.17) is 11.6 Å². The molecule has 0 amide bonds. The summed E-state index contributed by atoms with van der Waals surface area (Å²) in [5.41, 5.74) is 1.62. The monoisotopic (exact) mass is 315 g/mol. The van der Waals surface area contributed by atoms with E-state index in [0.717, 1.165) is 29.8 Å². The number of aryl methyl sites for hydroxylation is 1. The second-order valence-electron chi connectivity index (χ2n) is 5.53. The van der Waals surface area contributed by atoms with Gasteiger partial charge in [0.15, 0.2) is 0 Å². The van der Waals surface area contributed by atoms with Gasteiger partial charge in [-0.2, -0.15) is 10.1 Å². The molecule has 6 heteroatoms. The summed E-state index contributed by atoms with van der Waals surface area (Å²) >= 11 is 5.93. The third-order valence-electron chi connectivity index (χ3n) is 3.75. The van der Waals surface area contributed by atoms with E-state index in [1.54, 1.807) is 17.1 Å². The molecule has 1 aliphatic carbocycles. The van der Waals surface area contributed by atoms with Crippen LogP contribution in [0.25, 0.3) is 0 Å². The van der Waals surface area contributed by atoms with Crippen molar-refractivity contribution in [2.75, 3.05) is 5.32 Å². The molecule has 2 heterocycles. The van der Waals surface area contributed by atoms with Crippen molar-refractivity contribution < 1.29 is 0 Å². The molecule has 1 N–H and O–H groups in total. The Kier molecular flexibility index (Phi) is 4.59. The molecule has 2 aromatic rings. The van der Waals surface area contributed by atoms with Gasteiger partial charge in [-0.15, -0.1) is 0 Å². The van der Waals surface area contributed by atoms with Crippen LogP contribution in [0.5, 0.6) is 0 Å². The molecule has 3 rings (SSSR count). The average Bonchev–Trinajstić information content (AvgIpc) is 2.93. The van der Waals surface area contributed by atoms with Gasteiger partial charge in [0.2, 0.25) is 5.28 Å². The zero-order valence-corrected chi connectivity index (χ0v) is 13.3. The number of nitrogens with one attached hydrogen (secondary N) is 1. The van der Waals surface area contributed by atoms with Gasteiger partial charge < -0.3 is 5.32 Å². The molecule has 0 spiro atoms. The first-order valence-corrected chi connectivity index (χ1v) is 7.88.